The van der Waals surface area contributed by atoms with E-state index in [2.05, 4.69) is 9.36 Å². The number of hydrogen-bond acceptors (Lipinski definition) is 4. The lowest BCUT2D eigenvalue weighted by molar-refractivity contribution is 0.566. The molecule has 4 nitrogen and oxygen atoms in total. The predicted molar refractivity (Wildman–Crippen MR) is 67.2 cm³/mol. The van der Waals surface area contributed by atoms with E-state index in [4.69, 9.17) is 4.55 Å². The van der Waals surface area contributed by atoms with Gasteiger partial charge in [-0.05, 0) is 11.5 Å². The van der Waals surface area contributed by atoms with Gasteiger partial charge >= 0.3 is 0 Å². The lowest BCUT2D eigenvalue weighted by atomic mass is 10.2. The van der Waals surface area contributed by atoms with Crippen LogP contribution >= 0.6 is 11.5 Å². The first-order valence-electron chi connectivity index (χ1n) is 4.50. The summed E-state index contributed by atoms with van der Waals surface area (Å²) in [5, 5.41) is 1.92. The van der Waals surface area contributed by atoms with E-state index in [1.54, 1.807) is 0 Å². The Hall–Kier alpha value is -1.24. The lowest BCUT2D eigenvalue weighted by Crippen LogP contribution is -2.00. The van der Waals surface area contributed by atoms with Gasteiger partial charge in [0.2, 0.25) is 0 Å². The van der Waals surface area contributed by atoms with E-state index >= 15 is 0 Å². The number of rotatable bonds is 2. The van der Waals surface area contributed by atoms with E-state index < -0.39 is 9.80 Å². The number of hydrogen-bond donors (Lipinski definition) is 1. The summed E-state index contributed by atoms with van der Waals surface area (Å²) in [5.41, 5.74) is 0.959. The van der Waals surface area contributed by atoms with Crippen LogP contribution in [0.25, 0.3) is 10.6 Å². The van der Waals surface area contributed by atoms with Crippen molar-refractivity contribution in [1.29, 1.82) is 0 Å². The molecule has 0 amide bonds. The summed E-state index contributed by atoms with van der Waals surface area (Å²) in [4.78, 5) is 4.18. The summed E-state index contributed by atoms with van der Waals surface area (Å²) in [6.45, 7) is 0. The van der Waals surface area contributed by atoms with Crippen molar-refractivity contribution in [2.75, 3.05) is 6.26 Å². The fourth-order valence-corrected chi connectivity index (χ4v) is 2.39. The van der Waals surface area contributed by atoms with Gasteiger partial charge in [-0.1, -0.05) is 30.3 Å². The van der Waals surface area contributed by atoms with Crippen molar-refractivity contribution in [3.05, 3.63) is 36.2 Å². The minimum atomic E-state index is -2.94. The molecule has 1 heterocycles. The van der Waals surface area contributed by atoms with Crippen LogP contribution in [-0.2, 0) is 9.80 Å². The summed E-state index contributed by atoms with van der Waals surface area (Å²) in [7, 11) is -2.94. The third-order valence-electron chi connectivity index (χ3n) is 1.79. The Bertz CT molecular complexity index is 590. The molecule has 1 aromatic heterocycles. The Morgan fingerprint density at radius 2 is 2.06 bits per heavy atom. The van der Waals surface area contributed by atoms with E-state index in [1.165, 1.54) is 23.2 Å². The van der Waals surface area contributed by atoms with Crippen molar-refractivity contribution in [3.8, 4) is 10.6 Å². The second-order valence-corrected chi connectivity index (χ2v) is 6.01. The zero-order valence-corrected chi connectivity index (χ0v) is 10.2. The summed E-state index contributed by atoms with van der Waals surface area (Å²) >= 11 is 1.21. The summed E-state index contributed by atoms with van der Waals surface area (Å²) < 4.78 is 24.3. The Labute approximate surface area is 98.0 Å². The van der Waals surface area contributed by atoms with Crippen LogP contribution in [0.3, 0.4) is 0 Å². The highest BCUT2D eigenvalue weighted by molar-refractivity contribution is 7.95. The minimum Gasteiger partial charge on any atom is -0.313 e. The van der Waals surface area contributed by atoms with Crippen molar-refractivity contribution < 1.29 is 8.76 Å². The molecule has 0 bridgehead atoms. The maximum absolute atomic E-state index is 11.1. The Balaban J connectivity index is 2.38. The molecule has 1 atom stereocenters. The maximum Gasteiger partial charge on any atom is 0.176 e. The molecule has 2 aromatic rings. The smallest absolute Gasteiger partial charge is 0.176 e. The Kier molecular flexibility index (Phi) is 3.04. The average molecular weight is 254 g/mol. The molecule has 0 aliphatic carbocycles. The third-order valence-corrected chi connectivity index (χ3v) is 3.21. The molecule has 0 radical (unpaired) electrons. The largest absolute Gasteiger partial charge is 0.313 e. The highest BCUT2D eigenvalue weighted by Gasteiger charge is 2.05. The average Bonchev–Trinajstić information content (AvgIpc) is 2.65. The standard InChI is InChI=1S/C10H10N2O2S2/c1-16(13,14)7-9-11-10(15-12-9)8-5-3-2-4-6-8/h2-7H,1H3,(H,13,14). The highest BCUT2D eigenvalue weighted by atomic mass is 32.2. The van der Waals surface area contributed by atoms with Crippen molar-refractivity contribution in [2.24, 2.45) is 0 Å². The maximum atomic E-state index is 11.1. The molecule has 0 aliphatic heterocycles. The van der Waals surface area contributed by atoms with Crippen LogP contribution in [0.1, 0.15) is 5.82 Å². The molecule has 2 rings (SSSR count). The third kappa shape index (κ3) is 2.88. The van der Waals surface area contributed by atoms with Crippen LogP contribution in [0, 0.1) is 0 Å². The molecular weight excluding hydrogens is 244 g/mol. The monoisotopic (exact) mass is 254 g/mol. The first-order chi connectivity index (χ1) is 7.54. The first kappa shape index (κ1) is 11.3. The molecule has 84 valence electrons. The second kappa shape index (κ2) is 4.32. The SMILES string of the molecule is CS(=O)(O)=Cc1nsc(-c2ccccc2)n1. The summed E-state index contributed by atoms with van der Waals surface area (Å²) in [5.74, 6) is 0.304. The number of aromatic nitrogens is 2. The highest BCUT2D eigenvalue weighted by Crippen LogP contribution is 2.20. The Morgan fingerprint density at radius 1 is 1.38 bits per heavy atom. The van der Waals surface area contributed by atoms with E-state index in [9.17, 15) is 4.21 Å². The summed E-state index contributed by atoms with van der Waals surface area (Å²) in [6.07, 6.45) is 1.23. The number of nitrogens with zero attached hydrogens (tertiary/aromatic N) is 2. The minimum absolute atomic E-state index is 0.304. The van der Waals surface area contributed by atoms with Gasteiger partial charge < -0.3 is 4.55 Å². The van der Waals surface area contributed by atoms with Crippen LogP contribution in [-0.4, -0.2) is 29.7 Å². The molecule has 16 heavy (non-hydrogen) atoms. The fraction of sp³-hybridized carbons (Fsp3) is 0.100. The van der Waals surface area contributed by atoms with Gasteiger partial charge in [0.15, 0.2) is 5.82 Å². The summed E-state index contributed by atoms with van der Waals surface area (Å²) in [6, 6.07) is 9.59. The van der Waals surface area contributed by atoms with Crippen molar-refractivity contribution >= 4 is 26.7 Å². The zero-order valence-electron chi connectivity index (χ0n) is 8.53. The normalized spacial score (nSPS) is 14.4. The van der Waals surface area contributed by atoms with Gasteiger partial charge in [0.05, 0.1) is 15.2 Å². The molecule has 0 aliphatic rings. The van der Waals surface area contributed by atoms with Gasteiger partial charge in [-0.25, -0.2) is 9.19 Å². The lowest BCUT2D eigenvalue weighted by Gasteiger charge is -1.92. The molecule has 6 heteroatoms. The topological polar surface area (TPSA) is 63.1 Å². The quantitative estimate of drug-likeness (QED) is 0.829. The van der Waals surface area contributed by atoms with Crippen molar-refractivity contribution in [3.63, 3.8) is 0 Å². The molecule has 1 unspecified atom stereocenters. The van der Waals surface area contributed by atoms with Crippen molar-refractivity contribution in [1.82, 2.24) is 9.36 Å². The van der Waals surface area contributed by atoms with Gasteiger partial charge in [0.25, 0.3) is 0 Å². The molecule has 0 saturated heterocycles. The fourth-order valence-electron chi connectivity index (χ4n) is 1.18. The molecular formula is C10H10N2O2S2. The first-order valence-corrected chi connectivity index (χ1v) is 7.26. The van der Waals surface area contributed by atoms with Crippen LogP contribution in [0.5, 0.6) is 0 Å². The van der Waals surface area contributed by atoms with Crippen LogP contribution in [0.2, 0.25) is 0 Å². The van der Waals surface area contributed by atoms with Gasteiger partial charge in [0.1, 0.15) is 5.01 Å². The Morgan fingerprint density at radius 3 is 2.69 bits per heavy atom. The van der Waals surface area contributed by atoms with Crippen LogP contribution < -0.4 is 0 Å². The van der Waals surface area contributed by atoms with Crippen LogP contribution in [0.4, 0.5) is 0 Å². The van der Waals surface area contributed by atoms with Gasteiger partial charge in [-0.2, -0.15) is 4.37 Å². The molecule has 0 fully saturated rings. The van der Waals surface area contributed by atoms with Gasteiger partial charge in [-0.3, -0.25) is 0 Å². The van der Waals surface area contributed by atoms with Gasteiger partial charge in [0, 0.05) is 11.8 Å². The van der Waals surface area contributed by atoms with Crippen molar-refractivity contribution in [2.45, 2.75) is 0 Å². The second-order valence-electron chi connectivity index (χ2n) is 3.30. The van der Waals surface area contributed by atoms with E-state index in [0.29, 0.717) is 5.82 Å². The van der Waals surface area contributed by atoms with E-state index in [0.717, 1.165) is 10.6 Å². The van der Waals surface area contributed by atoms with E-state index in [1.807, 2.05) is 30.3 Å². The van der Waals surface area contributed by atoms with Crippen LogP contribution in [0.15, 0.2) is 30.3 Å². The predicted octanol–water partition coefficient (Wildman–Crippen LogP) is 1.74. The molecule has 0 spiro atoms. The molecule has 1 aromatic carbocycles. The van der Waals surface area contributed by atoms with Gasteiger partial charge in [-0.15, -0.1) is 0 Å². The zero-order chi connectivity index (χ0) is 11.6. The number of benzene rings is 1. The molecule has 1 N–H and O–H groups in total. The van der Waals surface area contributed by atoms with E-state index in [-0.39, 0.29) is 0 Å². The molecule has 0 saturated carbocycles.